The van der Waals surface area contributed by atoms with Crippen molar-refractivity contribution in [2.45, 2.75) is 19.2 Å². The summed E-state index contributed by atoms with van der Waals surface area (Å²) in [6.45, 7) is 3.90. The van der Waals surface area contributed by atoms with Crippen molar-refractivity contribution in [2.24, 2.45) is 0 Å². The predicted octanol–water partition coefficient (Wildman–Crippen LogP) is 4.04. The predicted molar refractivity (Wildman–Crippen MR) is 84.4 cm³/mol. The Bertz CT molecular complexity index is 795. The zero-order valence-electron chi connectivity index (χ0n) is 12.2. The molecule has 0 amide bonds. The standard InChI is InChI=1S/C16H16ClN3O/c1-10-8-12-16(18-9-10)20(15(19-12)11(2)17)13-6-4-5-7-14(13)21-3/h4-9,11H,1-3H3. The molecule has 0 aliphatic carbocycles. The van der Waals surface area contributed by atoms with E-state index < -0.39 is 0 Å². The number of hydrogen-bond donors (Lipinski definition) is 0. The number of fused-ring (bicyclic) bond motifs is 1. The Balaban J connectivity index is 2.37. The second-order valence-corrected chi connectivity index (χ2v) is 5.60. The number of ether oxygens (including phenoxy) is 1. The van der Waals surface area contributed by atoms with E-state index >= 15 is 0 Å². The summed E-state index contributed by atoms with van der Waals surface area (Å²) >= 11 is 6.31. The van der Waals surface area contributed by atoms with Crippen molar-refractivity contribution in [1.29, 1.82) is 0 Å². The van der Waals surface area contributed by atoms with Gasteiger partial charge in [0.15, 0.2) is 5.65 Å². The van der Waals surface area contributed by atoms with Crippen LogP contribution in [0.2, 0.25) is 0 Å². The fourth-order valence-electron chi connectivity index (χ4n) is 2.40. The molecule has 3 rings (SSSR count). The van der Waals surface area contributed by atoms with Gasteiger partial charge >= 0.3 is 0 Å². The van der Waals surface area contributed by atoms with Gasteiger partial charge in [-0.3, -0.25) is 4.57 Å². The number of halogens is 1. The highest BCUT2D eigenvalue weighted by Gasteiger charge is 2.19. The lowest BCUT2D eigenvalue weighted by molar-refractivity contribution is 0.412. The van der Waals surface area contributed by atoms with Gasteiger partial charge in [0.25, 0.3) is 0 Å². The van der Waals surface area contributed by atoms with Gasteiger partial charge in [0.05, 0.1) is 18.2 Å². The maximum Gasteiger partial charge on any atom is 0.164 e. The molecule has 1 aromatic carbocycles. The number of aryl methyl sites for hydroxylation is 1. The molecule has 0 radical (unpaired) electrons. The third-order valence-corrected chi connectivity index (χ3v) is 3.54. The summed E-state index contributed by atoms with van der Waals surface area (Å²) in [5, 5.41) is -0.232. The van der Waals surface area contributed by atoms with Crippen LogP contribution in [0.5, 0.6) is 5.75 Å². The molecular weight excluding hydrogens is 286 g/mol. The largest absolute Gasteiger partial charge is 0.495 e. The van der Waals surface area contributed by atoms with Crippen molar-refractivity contribution in [3.05, 3.63) is 47.9 Å². The van der Waals surface area contributed by atoms with Crippen LogP contribution in [-0.4, -0.2) is 21.6 Å². The lowest BCUT2D eigenvalue weighted by atomic mass is 10.2. The van der Waals surface area contributed by atoms with E-state index in [0.717, 1.165) is 34.0 Å². The molecule has 0 saturated carbocycles. The first-order valence-corrected chi connectivity index (χ1v) is 7.18. The Labute approximate surface area is 128 Å². The quantitative estimate of drug-likeness (QED) is 0.686. The highest BCUT2D eigenvalue weighted by Crippen LogP contribution is 2.31. The van der Waals surface area contributed by atoms with Crippen molar-refractivity contribution >= 4 is 22.8 Å². The molecule has 0 aliphatic heterocycles. The first kappa shape index (κ1) is 13.9. The number of rotatable bonds is 3. The number of para-hydroxylation sites is 2. The van der Waals surface area contributed by atoms with Gasteiger partial charge in [-0.2, -0.15) is 0 Å². The molecule has 0 saturated heterocycles. The molecule has 0 bridgehead atoms. The van der Waals surface area contributed by atoms with Crippen LogP contribution in [0.3, 0.4) is 0 Å². The minimum atomic E-state index is -0.232. The Hall–Kier alpha value is -2.07. The second-order valence-electron chi connectivity index (χ2n) is 4.95. The lowest BCUT2D eigenvalue weighted by Crippen LogP contribution is -2.04. The number of alkyl halides is 1. The van der Waals surface area contributed by atoms with Gasteiger partial charge in [0.2, 0.25) is 0 Å². The molecule has 0 aliphatic rings. The van der Waals surface area contributed by atoms with Crippen LogP contribution in [0.15, 0.2) is 36.5 Å². The minimum Gasteiger partial charge on any atom is -0.495 e. The maximum atomic E-state index is 6.31. The van der Waals surface area contributed by atoms with Crippen molar-refractivity contribution in [2.75, 3.05) is 7.11 Å². The zero-order valence-corrected chi connectivity index (χ0v) is 12.9. The number of methoxy groups -OCH3 is 1. The maximum absolute atomic E-state index is 6.31. The lowest BCUT2D eigenvalue weighted by Gasteiger charge is -2.13. The van der Waals surface area contributed by atoms with Gasteiger partial charge < -0.3 is 4.74 Å². The van der Waals surface area contributed by atoms with Crippen LogP contribution in [0.25, 0.3) is 16.9 Å². The Morgan fingerprint density at radius 2 is 2.05 bits per heavy atom. The molecule has 4 nitrogen and oxygen atoms in total. The monoisotopic (exact) mass is 301 g/mol. The summed E-state index contributed by atoms with van der Waals surface area (Å²) in [5.74, 6) is 1.52. The summed E-state index contributed by atoms with van der Waals surface area (Å²) in [6, 6.07) is 9.79. The minimum absolute atomic E-state index is 0.232. The first-order chi connectivity index (χ1) is 10.1. The second kappa shape index (κ2) is 5.37. The van der Waals surface area contributed by atoms with Gasteiger partial charge in [-0.05, 0) is 37.6 Å². The van der Waals surface area contributed by atoms with E-state index in [1.807, 2.05) is 54.9 Å². The van der Waals surface area contributed by atoms with E-state index in [0.29, 0.717) is 0 Å². The van der Waals surface area contributed by atoms with E-state index in [9.17, 15) is 0 Å². The SMILES string of the molecule is COc1ccccc1-n1c(C(C)Cl)nc2cc(C)cnc21. The summed E-state index contributed by atoms with van der Waals surface area (Å²) in [6.07, 6.45) is 1.83. The van der Waals surface area contributed by atoms with E-state index in [2.05, 4.69) is 9.97 Å². The van der Waals surface area contributed by atoms with Crippen molar-refractivity contribution < 1.29 is 4.74 Å². The Kier molecular flexibility index (Phi) is 3.55. The highest BCUT2D eigenvalue weighted by atomic mass is 35.5. The molecular formula is C16H16ClN3O. The fraction of sp³-hybridized carbons (Fsp3) is 0.250. The van der Waals surface area contributed by atoms with Crippen LogP contribution in [0.4, 0.5) is 0 Å². The summed E-state index contributed by atoms with van der Waals surface area (Å²) in [5.41, 5.74) is 3.58. The molecule has 1 unspecified atom stereocenters. The Morgan fingerprint density at radius 1 is 1.29 bits per heavy atom. The topological polar surface area (TPSA) is 39.9 Å². The first-order valence-electron chi connectivity index (χ1n) is 6.74. The molecule has 0 spiro atoms. The van der Waals surface area contributed by atoms with E-state index in [1.165, 1.54) is 0 Å². The Morgan fingerprint density at radius 3 is 2.76 bits per heavy atom. The van der Waals surface area contributed by atoms with Gasteiger partial charge in [-0.15, -0.1) is 11.6 Å². The normalized spacial score (nSPS) is 12.6. The molecule has 2 aromatic heterocycles. The van der Waals surface area contributed by atoms with Crippen LogP contribution >= 0.6 is 11.6 Å². The van der Waals surface area contributed by atoms with E-state index in [4.69, 9.17) is 16.3 Å². The van der Waals surface area contributed by atoms with Crippen LogP contribution in [0, 0.1) is 6.92 Å². The van der Waals surface area contributed by atoms with Gasteiger partial charge in [0.1, 0.15) is 17.1 Å². The van der Waals surface area contributed by atoms with Crippen molar-refractivity contribution in [1.82, 2.24) is 14.5 Å². The molecule has 108 valence electrons. The number of pyridine rings is 1. The number of hydrogen-bond acceptors (Lipinski definition) is 3. The van der Waals surface area contributed by atoms with Crippen molar-refractivity contribution in [3.63, 3.8) is 0 Å². The number of benzene rings is 1. The van der Waals surface area contributed by atoms with Gasteiger partial charge in [0, 0.05) is 6.20 Å². The number of aromatic nitrogens is 3. The number of imidazole rings is 1. The molecule has 2 heterocycles. The average molecular weight is 302 g/mol. The molecule has 21 heavy (non-hydrogen) atoms. The molecule has 0 N–H and O–H groups in total. The van der Waals surface area contributed by atoms with Crippen molar-refractivity contribution in [3.8, 4) is 11.4 Å². The molecule has 5 heteroatoms. The summed E-state index contributed by atoms with van der Waals surface area (Å²) in [4.78, 5) is 9.16. The molecule has 0 fully saturated rings. The van der Waals surface area contributed by atoms with Gasteiger partial charge in [-0.1, -0.05) is 12.1 Å². The highest BCUT2D eigenvalue weighted by molar-refractivity contribution is 6.20. The van der Waals surface area contributed by atoms with E-state index in [1.54, 1.807) is 7.11 Å². The fourth-order valence-corrected chi connectivity index (χ4v) is 2.55. The van der Waals surface area contributed by atoms with Gasteiger partial charge in [-0.25, -0.2) is 9.97 Å². The summed E-state index contributed by atoms with van der Waals surface area (Å²) in [7, 11) is 1.65. The average Bonchev–Trinajstić information content (AvgIpc) is 2.85. The van der Waals surface area contributed by atoms with Crippen LogP contribution in [-0.2, 0) is 0 Å². The van der Waals surface area contributed by atoms with E-state index in [-0.39, 0.29) is 5.38 Å². The third-order valence-electron chi connectivity index (χ3n) is 3.34. The summed E-state index contributed by atoms with van der Waals surface area (Å²) < 4.78 is 7.42. The smallest absolute Gasteiger partial charge is 0.164 e. The third kappa shape index (κ3) is 2.36. The van der Waals surface area contributed by atoms with Crippen LogP contribution < -0.4 is 4.74 Å². The zero-order chi connectivity index (χ0) is 15.0. The molecule has 1 atom stereocenters. The number of nitrogens with zero attached hydrogens (tertiary/aromatic N) is 3. The van der Waals surface area contributed by atoms with Crippen LogP contribution in [0.1, 0.15) is 23.7 Å². The molecule has 3 aromatic rings.